The molecule has 0 spiro atoms. The third-order valence-corrected chi connectivity index (χ3v) is 3.82. The molecule has 24 heavy (non-hydrogen) atoms. The summed E-state index contributed by atoms with van der Waals surface area (Å²) in [7, 11) is 0. The minimum Gasteiger partial charge on any atom is -0.506 e. The van der Waals surface area contributed by atoms with E-state index in [4.69, 9.17) is 9.47 Å². The van der Waals surface area contributed by atoms with E-state index in [0.717, 1.165) is 16.5 Å². The molecule has 0 radical (unpaired) electrons. The van der Waals surface area contributed by atoms with Gasteiger partial charge >= 0.3 is 0 Å². The van der Waals surface area contributed by atoms with E-state index >= 15 is 0 Å². The number of hydrogen-bond acceptors (Lipinski definition) is 4. The van der Waals surface area contributed by atoms with Crippen molar-refractivity contribution in [3.63, 3.8) is 0 Å². The fraction of sp³-hybridized carbons (Fsp3) is 0.250. The van der Waals surface area contributed by atoms with E-state index < -0.39 is 0 Å². The molecule has 1 heterocycles. The van der Waals surface area contributed by atoms with Gasteiger partial charge in [-0.2, -0.15) is 0 Å². The lowest BCUT2D eigenvalue weighted by Crippen LogP contribution is -2.16. The normalized spacial score (nSPS) is 12.3. The zero-order valence-electron chi connectivity index (χ0n) is 14.1. The Morgan fingerprint density at radius 1 is 1.08 bits per heavy atom. The molecule has 1 atom stereocenters. The molecule has 0 aliphatic heterocycles. The summed E-state index contributed by atoms with van der Waals surface area (Å²) >= 11 is 0. The van der Waals surface area contributed by atoms with Crippen molar-refractivity contribution in [2.45, 2.75) is 33.7 Å². The van der Waals surface area contributed by atoms with Gasteiger partial charge in [-0.3, -0.25) is 0 Å². The largest absolute Gasteiger partial charge is 0.506 e. The fourth-order valence-electron chi connectivity index (χ4n) is 2.55. The van der Waals surface area contributed by atoms with Gasteiger partial charge in [0.05, 0.1) is 17.8 Å². The Hall–Kier alpha value is -2.59. The summed E-state index contributed by atoms with van der Waals surface area (Å²) in [6.45, 7) is 6.20. The SMILES string of the molecule is Cc1cccc(COC(C)Oc2ccc3nc(C)c(O)cc3c2)c1. The maximum atomic E-state index is 9.79. The van der Waals surface area contributed by atoms with Crippen molar-refractivity contribution >= 4 is 10.9 Å². The molecule has 0 fully saturated rings. The predicted molar refractivity (Wildman–Crippen MR) is 94.2 cm³/mol. The van der Waals surface area contributed by atoms with Gasteiger partial charge in [0.2, 0.25) is 0 Å². The average Bonchev–Trinajstić information content (AvgIpc) is 2.54. The highest BCUT2D eigenvalue weighted by molar-refractivity contribution is 5.81. The second-order valence-corrected chi connectivity index (χ2v) is 5.93. The van der Waals surface area contributed by atoms with Crippen molar-refractivity contribution in [1.82, 2.24) is 4.98 Å². The maximum Gasteiger partial charge on any atom is 0.197 e. The van der Waals surface area contributed by atoms with E-state index in [2.05, 4.69) is 24.0 Å². The Kier molecular flexibility index (Phi) is 4.67. The van der Waals surface area contributed by atoms with Crippen LogP contribution in [0, 0.1) is 13.8 Å². The standard InChI is InChI=1S/C20H21NO3/c1-13-5-4-6-16(9-13)12-23-15(3)24-18-7-8-19-17(10-18)11-20(22)14(2)21-19/h4-11,15,22H,12H2,1-3H3. The minimum absolute atomic E-state index is 0.184. The number of hydrogen-bond donors (Lipinski definition) is 1. The van der Waals surface area contributed by atoms with Crippen LogP contribution in [-0.2, 0) is 11.3 Å². The van der Waals surface area contributed by atoms with Crippen LogP contribution in [0.25, 0.3) is 10.9 Å². The highest BCUT2D eigenvalue weighted by Crippen LogP contribution is 2.25. The fourth-order valence-corrected chi connectivity index (χ4v) is 2.55. The summed E-state index contributed by atoms with van der Waals surface area (Å²) in [5.41, 5.74) is 3.77. The molecule has 0 bridgehead atoms. The monoisotopic (exact) mass is 323 g/mol. The number of aromatic hydroxyl groups is 1. The van der Waals surface area contributed by atoms with Gasteiger partial charge < -0.3 is 14.6 Å². The molecule has 1 unspecified atom stereocenters. The van der Waals surface area contributed by atoms with Crippen molar-refractivity contribution in [2.24, 2.45) is 0 Å². The molecule has 2 aromatic carbocycles. The Labute approximate surface area is 141 Å². The molecule has 3 aromatic rings. The van der Waals surface area contributed by atoms with Crippen molar-refractivity contribution in [2.75, 3.05) is 0 Å². The highest BCUT2D eigenvalue weighted by atomic mass is 16.7. The minimum atomic E-state index is -0.380. The van der Waals surface area contributed by atoms with Crippen LogP contribution in [0.1, 0.15) is 23.7 Å². The summed E-state index contributed by atoms with van der Waals surface area (Å²) in [5, 5.41) is 10.6. The summed E-state index contributed by atoms with van der Waals surface area (Å²) in [5.74, 6) is 0.868. The molecule has 0 amide bonds. The van der Waals surface area contributed by atoms with Gasteiger partial charge in [-0.1, -0.05) is 29.8 Å². The van der Waals surface area contributed by atoms with E-state index in [1.165, 1.54) is 5.56 Å². The molecule has 0 aliphatic carbocycles. The zero-order valence-corrected chi connectivity index (χ0v) is 14.1. The molecular weight excluding hydrogens is 302 g/mol. The van der Waals surface area contributed by atoms with Gasteiger partial charge in [0, 0.05) is 5.39 Å². The van der Waals surface area contributed by atoms with Crippen molar-refractivity contribution < 1.29 is 14.6 Å². The number of aromatic nitrogens is 1. The number of ether oxygens (including phenoxy) is 2. The first kappa shape index (κ1) is 16.3. The first-order valence-corrected chi connectivity index (χ1v) is 7.95. The quantitative estimate of drug-likeness (QED) is 0.702. The van der Waals surface area contributed by atoms with Gasteiger partial charge in [-0.05, 0) is 50.6 Å². The summed E-state index contributed by atoms with van der Waals surface area (Å²) in [4.78, 5) is 4.34. The van der Waals surface area contributed by atoms with E-state index in [0.29, 0.717) is 18.1 Å². The Balaban J connectivity index is 1.66. The van der Waals surface area contributed by atoms with Crippen molar-refractivity contribution in [3.8, 4) is 11.5 Å². The Morgan fingerprint density at radius 3 is 2.71 bits per heavy atom. The van der Waals surface area contributed by atoms with Crippen molar-refractivity contribution in [3.05, 3.63) is 65.4 Å². The summed E-state index contributed by atoms with van der Waals surface area (Å²) < 4.78 is 11.6. The van der Waals surface area contributed by atoms with Crippen LogP contribution in [0.15, 0.2) is 48.5 Å². The van der Waals surface area contributed by atoms with Crippen LogP contribution in [0.4, 0.5) is 0 Å². The van der Waals surface area contributed by atoms with Crippen LogP contribution < -0.4 is 4.74 Å². The van der Waals surface area contributed by atoms with E-state index in [1.807, 2.05) is 37.3 Å². The molecule has 1 N–H and O–H groups in total. The van der Waals surface area contributed by atoms with Crippen LogP contribution in [0.5, 0.6) is 11.5 Å². The molecular formula is C20H21NO3. The van der Waals surface area contributed by atoms with E-state index in [1.54, 1.807) is 13.0 Å². The summed E-state index contributed by atoms with van der Waals surface area (Å²) in [6.07, 6.45) is -0.380. The third-order valence-electron chi connectivity index (χ3n) is 3.82. The molecule has 124 valence electrons. The van der Waals surface area contributed by atoms with Crippen LogP contribution in [0.2, 0.25) is 0 Å². The maximum absolute atomic E-state index is 9.79. The lowest BCUT2D eigenvalue weighted by molar-refractivity contribution is -0.0758. The van der Waals surface area contributed by atoms with Gasteiger partial charge in [0.1, 0.15) is 11.5 Å². The van der Waals surface area contributed by atoms with Crippen LogP contribution in [0.3, 0.4) is 0 Å². The third kappa shape index (κ3) is 3.84. The zero-order chi connectivity index (χ0) is 17.1. The molecule has 1 aromatic heterocycles. The van der Waals surface area contributed by atoms with Crippen molar-refractivity contribution in [1.29, 1.82) is 0 Å². The van der Waals surface area contributed by atoms with Crippen LogP contribution in [-0.4, -0.2) is 16.4 Å². The van der Waals surface area contributed by atoms with Crippen LogP contribution >= 0.6 is 0 Å². The number of pyridine rings is 1. The molecule has 0 aliphatic rings. The molecule has 3 rings (SSSR count). The molecule has 4 nitrogen and oxygen atoms in total. The van der Waals surface area contributed by atoms with Gasteiger partial charge in [0.25, 0.3) is 0 Å². The summed E-state index contributed by atoms with van der Waals surface area (Å²) in [6, 6.07) is 15.5. The second kappa shape index (κ2) is 6.89. The van der Waals surface area contributed by atoms with E-state index in [9.17, 15) is 5.11 Å². The first-order chi connectivity index (χ1) is 11.5. The smallest absolute Gasteiger partial charge is 0.197 e. The second-order valence-electron chi connectivity index (χ2n) is 5.93. The number of fused-ring (bicyclic) bond motifs is 1. The molecule has 0 saturated carbocycles. The lowest BCUT2D eigenvalue weighted by atomic mass is 10.1. The lowest BCUT2D eigenvalue weighted by Gasteiger charge is -2.16. The topological polar surface area (TPSA) is 51.6 Å². The number of benzene rings is 2. The highest BCUT2D eigenvalue weighted by Gasteiger charge is 2.07. The molecule has 4 heteroatoms. The number of aryl methyl sites for hydroxylation is 2. The molecule has 0 saturated heterocycles. The van der Waals surface area contributed by atoms with Gasteiger partial charge in [-0.15, -0.1) is 0 Å². The van der Waals surface area contributed by atoms with E-state index in [-0.39, 0.29) is 12.0 Å². The predicted octanol–water partition coefficient (Wildman–Crippen LogP) is 4.50. The number of rotatable bonds is 5. The van der Waals surface area contributed by atoms with Gasteiger partial charge in [0.15, 0.2) is 6.29 Å². The van der Waals surface area contributed by atoms with Gasteiger partial charge in [-0.25, -0.2) is 4.98 Å². The average molecular weight is 323 g/mol. The Bertz CT molecular complexity index is 861. The Morgan fingerprint density at radius 2 is 1.92 bits per heavy atom. The number of nitrogens with zero attached hydrogens (tertiary/aromatic N) is 1. The first-order valence-electron chi connectivity index (χ1n) is 7.95.